The van der Waals surface area contributed by atoms with Gasteiger partial charge in [0.1, 0.15) is 17.3 Å². The van der Waals surface area contributed by atoms with Crippen LogP contribution in [-0.2, 0) is 17.7 Å². The molecule has 2 amide bonds. The van der Waals surface area contributed by atoms with Crippen LogP contribution in [0.1, 0.15) is 27.2 Å². The molecule has 0 radical (unpaired) electrons. The summed E-state index contributed by atoms with van der Waals surface area (Å²) in [6.07, 6.45) is 3.34. The van der Waals surface area contributed by atoms with Gasteiger partial charge in [-0.15, -0.1) is 0 Å². The maximum Gasteiger partial charge on any atom is 0.415 e. The lowest BCUT2D eigenvalue weighted by atomic mass is 10.1. The van der Waals surface area contributed by atoms with Crippen LogP contribution in [0.4, 0.5) is 15.0 Å². The molecule has 180 valence electrons. The molecule has 1 aromatic carbocycles. The largest absolute Gasteiger partial charge is 0.452 e. The minimum atomic E-state index is -0.526. The molecule has 0 bridgehead atoms. The topological polar surface area (TPSA) is 109 Å². The highest BCUT2D eigenvalue weighted by Crippen LogP contribution is 2.18. The van der Waals surface area contributed by atoms with Crippen LogP contribution in [0, 0.1) is 5.82 Å². The molecule has 0 unspecified atom stereocenters. The lowest BCUT2D eigenvalue weighted by Gasteiger charge is -2.18. The lowest BCUT2D eigenvalue weighted by molar-refractivity contribution is 0.0951. The Balaban J connectivity index is 1.55. The number of nitrogens with one attached hydrogen (secondary N) is 2. The Bertz CT molecular complexity index is 1230. The van der Waals surface area contributed by atoms with E-state index in [1.165, 1.54) is 24.1 Å². The fourth-order valence-electron chi connectivity index (χ4n) is 3.65. The van der Waals surface area contributed by atoms with E-state index < -0.39 is 6.09 Å². The number of pyridine rings is 2. The molecule has 0 fully saturated rings. The number of carbonyl (C=O) groups excluding carboxylic acids is 2. The van der Waals surface area contributed by atoms with Gasteiger partial charge in [0.05, 0.1) is 25.8 Å². The molecule has 9 nitrogen and oxygen atoms in total. The summed E-state index contributed by atoms with van der Waals surface area (Å²) in [7, 11) is 1.31. The van der Waals surface area contributed by atoms with E-state index in [4.69, 9.17) is 4.74 Å². The Morgan fingerprint density at radius 3 is 2.77 bits per heavy atom. The van der Waals surface area contributed by atoms with Gasteiger partial charge in [-0.3, -0.25) is 19.7 Å². The van der Waals surface area contributed by atoms with Crippen LogP contribution in [0.5, 0.6) is 0 Å². The molecule has 0 atom stereocenters. The molecule has 0 aliphatic carbocycles. The van der Waals surface area contributed by atoms with E-state index in [0.29, 0.717) is 55.5 Å². The van der Waals surface area contributed by atoms with Crippen LogP contribution in [0.25, 0.3) is 0 Å². The molecule has 2 aromatic heterocycles. The standard InChI is InChI=1S/C25H25FN6O3/c1-35-25(34)32-13-12-29-23(32)21-8-7-20(24(33)30-16-18-5-3-10-27-15-18)22(31-21)28-11-9-17-4-2-6-19(26)14-17/h2-8,10,14-15H,9,11-13,16H2,1H3,(H,28,31)(H,30,33). The SMILES string of the molecule is COC(=O)N1CCN=C1c1ccc(C(=O)NCc2cccnc2)c(NCCc2cccc(F)c2)n1. The summed E-state index contributed by atoms with van der Waals surface area (Å²) in [5, 5.41) is 6.06. The van der Waals surface area contributed by atoms with E-state index in [2.05, 4.69) is 25.6 Å². The van der Waals surface area contributed by atoms with Crippen molar-refractivity contribution in [1.82, 2.24) is 20.2 Å². The van der Waals surface area contributed by atoms with Crippen LogP contribution in [-0.4, -0.2) is 59.4 Å². The molecular formula is C25H25FN6O3. The van der Waals surface area contributed by atoms with Crippen molar-refractivity contribution in [3.05, 3.63) is 89.1 Å². The number of hydrogen-bond acceptors (Lipinski definition) is 7. The second kappa shape index (κ2) is 11.2. The van der Waals surface area contributed by atoms with Gasteiger partial charge in [0.2, 0.25) is 0 Å². The first-order chi connectivity index (χ1) is 17.0. The normalized spacial score (nSPS) is 12.7. The monoisotopic (exact) mass is 476 g/mol. The van der Waals surface area contributed by atoms with Crippen LogP contribution in [0.3, 0.4) is 0 Å². The first kappa shape index (κ1) is 23.8. The molecule has 0 saturated carbocycles. The molecule has 35 heavy (non-hydrogen) atoms. The second-order valence-electron chi connectivity index (χ2n) is 7.77. The van der Waals surface area contributed by atoms with Crippen LogP contribution >= 0.6 is 0 Å². The van der Waals surface area contributed by atoms with E-state index in [9.17, 15) is 14.0 Å². The summed E-state index contributed by atoms with van der Waals surface area (Å²) in [5.41, 5.74) is 2.44. The Morgan fingerprint density at radius 2 is 2.00 bits per heavy atom. The summed E-state index contributed by atoms with van der Waals surface area (Å²) in [6.45, 7) is 1.54. The maximum absolute atomic E-state index is 13.5. The number of aromatic nitrogens is 2. The van der Waals surface area contributed by atoms with Gasteiger partial charge in [-0.25, -0.2) is 14.2 Å². The van der Waals surface area contributed by atoms with Crippen LogP contribution in [0.2, 0.25) is 0 Å². The highest BCUT2D eigenvalue weighted by molar-refractivity contribution is 6.07. The van der Waals surface area contributed by atoms with Crippen molar-refractivity contribution in [2.75, 3.05) is 32.1 Å². The van der Waals surface area contributed by atoms with Gasteiger partial charge in [0, 0.05) is 25.5 Å². The number of rotatable bonds is 8. The minimum Gasteiger partial charge on any atom is -0.452 e. The van der Waals surface area contributed by atoms with E-state index in [0.717, 1.165) is 11.1 Å². The number of benzene rings is 1. The highest BCUT2D eigenvalue weighted by Gasteiger charge is 2.27. The summed E-state index contributed by atoms with van der Waals surface area (Å²) in [6, 6.07) is 13.3. The van der Waals surface area contributed by atoms with Crippen molar-refractivity contribution < 1.29 is 18.7 Å². The Morgan fingerprint density at radius 1 is 1.14 bits per heavy atom. The summed E-state index contributed by atoms with van der Waals surface area (Å²) in [5.74, 6) is 0.0916. The third-order valence-electron chi connectivity index (χ3n) is 5.38. The van der Waals surface area contributed by atoms with Gasteiger partial charge in [-0.1, -0.05) is 18.2 Å². The number of hydrogen-bond donors (Lipinski definition) is 2. The Hall–Kier alpha value is -4.34. The van der Waals surface area contributed by atoms with Crippen LogP contribution < -0.4 is 10.6 Å². The van der Waals surface area contributed by atoms with E-state index in [-0.39, 0.29) is 11.7 Å². The quantitative estimate of drug-likeness (QED) is 0.517. The smallest absolute Gasteiger partial charge is 0.415 e. The average molecular weight is 477 g/mol. The average Bonchev–Trinajstić information content (AvgIpc) is 3.37. The van der Waals surface area contributed by atoms with Gasteiger partial charge in [-0.05, 0) is 47.9 Å². The molecule has 10 heteroatoms. The molecule has 1 aliphatic heterocycles. The third kappa shape index (κ3) is 5.97. The molecule has 1 aliphatic rings. The van der Waals surface area contributed by atoms with Gasteiger partial charge < -0.3 is 15.4 Å². The van der Waals surface area contributed by atoms with Crippen molar-refractivity contribution in [1.29, 1.82) is 0 Å². The number of carbonyl (C=O) groups is 2. The predicted molar refractivity (Wildman–Crippen MR) is 129 cm³/mol. The molecule has 3 aromatic rings. The summed E-state index contributed by atoms with van der Waals surface area (Å²) >= 11 is 0. The van der Waals surface area contributed by atoms with Gasteiger partial charge in [-0.2, -0.15) is 0 Å². The van der Waals surface area contributed by atoms with E-state index in [1.54, 1.807) is 36.7 Å². The Labute approximate surface area is 202 Å². The molecule has 0 spiro atoms. The number of ether oxygens (including phenoxy) is 1. The summed E-state index contributed by atoms with van der Waals surface area (Å²) in [4.78, 5) is 39.6. The number of anilines is 1. The van der Waals surface area contributed by atoms with Gasteiger partial charge in [0.25, 0.3) is 5.91 Å². The third-order valence-corrected chi connectivity index (χ3v) is 5.38. The second-order valence-corrected chi connectivity index (χ2v) is 7.77. The van der Waals surface area contributed by atoms with Crippen molar-refractivity contribution >= 4 is 23.7 Å². The number of methoxy groups -OCH3 is 1. The number of amidine groups is 1. The number of aliphatic imine (C=N–C) groups is 1. The van der Waals surface area contributed by atoms with Crippen molar-refractivity contribution in [2.45, 2.75) is 13.0 Å². The molecule has 4 rings (SSSR count). The van der Waals surface area contributed by atoms with Gasteiger partial charge >= 0.3 is 6.09 Å². The predicted octanol–water partition coefficient (Wildman–Crippen LogP) is 3.03. The van der Waals surface area contributed by atoms with Crippen molar-refractivity contribution in [3.63, 3.8) is 0 Å². The van der Waals surface area contributed by atoms with Crippen LogP contribution in [0.15, 0.2) is 65.9 Å². The lowest BCUT2D eigenvalue weighted by Crippen LogP contribution is -2.35. The number of halogens is 1. The first-order valence-electron chi connectivity index (χ1n) is 11.1. The Kier molecular flexibility index (Phi) is 7.61. The highest BCUT2D eigenvalue weighted by atomic mass is 19.1. The molecule has 3 heterocycles. The zero-order valence-electron chi connectivity index (χ0n) is 19.2. The fraction of sp³-hybridized carbons (Fsp3) is 0.240. The minimum absolute atomic E-state index is 0.305. The fourth-order valence-corrected chi connectivity index (χ4v) is 3.65. The number of amides is 2. The van der Waals surface area contributed by atoms with E-state index >= 15 is 0 Å². The van der Waals surface area contributed by atoms with E-state index in [1.807, 2.05) is 12.1 Å². The van der Waals surface area contributed by atoms with Crippen molar-refractivity contribution in [3.8, 4) is 0 Å². The molecular weight excluding hydrogens is 451 g/mol. The number of nitrogens with zero attached hydrogens (tertiary/aromatic N) is 4. The maximum atomic E-state index is 13.5. The first-order valence-corrected chi connectivity index (χ1v) is 11.1. The zero-order chi connectivity index (χ0) is 24.6. The molecule has 0 saturated heterocycles. The molecule has 2 N–H and O–H groups in total. The summed E-state index contributed by atoms with van der Waals surface area (Å²) < 4.78 is 18.4. The van der Waals surface area contributed by atoms with Crippen molar-refractivity contribution in [2.24, 2.45) is 4.99 Å². The van der Waals surface area contributed by atoms with Gasteiger partial charge in [0.15, 0.2) is 5.84 Å². The zero-order valence-corrected chi connectivity index (χ0v) is 19.2.